The van der Waals surface area contributed by atoms with Crippen LogP contribution >= 0.6 is 11.3 Å². The highest BCUT2D eigenvalue weighted by atomic mass is 32.1. The predicted molar refractivity (Wildman–Crippen MR) is 116 cm³/mol. The first kappa shape index (κ1) is 23.2. The minimum absolute atomic E-state index is 0.0457. The molecule has 0 aromatic carbocycles. The van der Waals surface area contributed by atoms with Crippen molar-refractivity contribution < 1.29 is 28.7 Å². The third kappa shape index (κ3) is 6.29. The highest BCUT2D eigenvalue weighted by molar-refractivity contribution is 7.17. The number of carbonyl (C=O) groups is 4. The van der Waals surface area contributed by atoms with Crippen LogP contribution in [0.1, 0.15) is 72.2 Å². The van der Waals surface area contributed by atoms with E-state index in [0.717, 1.165) is 74.6 Å². The summed E-state index contributed by atoms with van der Waals surface area (Å²) in [5, 5.41) is 5.72. The largest absolute Gasteiger partial charge is 0.465 e. The second kappa shape index (κ2) is 11.3. The summed E-state index contributed by atoms with van der Waals surface area (Å²) in [6.45, 7) is -0.745. The lowest BCUT2D eigenvalue weighted by Crippen LogP contribution is -2.36. The van der Waals surface area contributed by atoms with E-state index in [4.69, 9.17) is 9.47 Å². The molecule has 1 fully saturated rings. The van der Waals surface area contributed by atoms with E-state index in [-0.39, 0.29) is 18.4 Å². The summed E-state index contributed by atoms with van der Waals surface area (Å²) in [4.78, 5) is 49.7. The van der Waals surface area contributed by atoms with Crippen molar-refractivity contribution in [2.75, 3.05) is 25.6 Å². The number of aryl methyl sites for hydroxylation is 1. The quantitative estimate of drug-likeness (QED) is 0.488. The predicted octanol–water partition coefficient (Wildman–Crippen LogP) is 2.98. The molecule has 0 unspecified atom stereocenters. The number of rotatable bonds is 7. The molecular weight excluding hydrogens is 420 g/mol. The van der Waals surface area contributed by atoms with E-state index < -0.39 is 24.5 Å². The molecular formula is C22H30N2O6S. The van der Waals surface area contributed by atoms with Gasteiger partial charge in [-0.1, -0.05) is 25.7 Å². The van der Waals surface area contributed by atoms with Crippen LogP contribution in [0.5, 0.6) is 0 Å². The van der Waals surface area contributed by atoms with Gasteiger partial charge in [0.2, 0.25) is 5.91 Å². The van der Waals surface area contributed by atoms with Gasteiger partial charge in [-0.05, 0) is 44.1 Å². The number of ether oxygens (including phenoxy) is 2. The van der Waals surface area contributed by atoms with Crippen molar-refractivity contribution in [3.63, 3.8) is 0 Å². The number of hydrogen-bond acceptors (Lipinski definition) is 7. The second-order valence-corrected chi connectivity index (χ2v) is 9.13. The van der Waals surface area contributed by atoms with Gasteiger partial charge in [0.05, 0.1) is 12.7 Å². The van der Waals surface area contributed by atoms with Gasteiger partial charge in [-0.15, -0.1) is 11.3 Å². The summed E-state index contributed by atoms with van der Waals surface area (Å²) >= 11 is 1.38. The molecule has 0 spiro atoms. The number of amides is 2. The molecule has 170 valence electrons. The molecule has 1 aromatic rings. The van der Waals surface area contributed by atoms with Gasteiger partial charge in [-0.3, -0.25) is 14.4 Å². The fourth-order valence-electron chi connectivity index (χ4n) is 4.18. The lowest BCUT2D eigenvalue weighted by Gasteiger charge is -2.20. The van der Waals surface area contributed by atoms with Crippen molar-refractivity contribution in [1.29, 1.82) is 0 Å². The van der Waals surface area contributed by atoms with Crippen molar-refractivity contribution in [3.8, 4) is 0 Å². The van der Waals surface area contributed by atoms with Crippen LogP contribution < -0.4 is 10.6 Å². The van der Waals surface area contributed by atoms with E-state index in [1.807, 2.05) is 0 Å². The maximum atomic E-state index is 12.3. The monoisotopic (exact) mass is 450 g/mol. The van der Waals surface area contributed by atoms with E-state index in [9.17, 15) is 19.2 Å². The third-order valence-electron chi connectivity index (χ3n) is 5.81. The number of nitrogens with one attached hydrogen (secondary N) is 2. The van der Waals surface area contributed by atoms with Crippen LogP contribution in [0.15, 0.2) is 0 Å². The summed E-state index contributed by atoms with van der Waals surface area (Å²) in [5.41, 5.74) is 1.36. The molecule has 8 nitrogen and oxygen atoms in total. The van der Waals surface area contributed by atoms with Crippen LogP contribution in [-0.2, 0) is 36.7 Å². The first-order chi connectivity index (χ1) is 15.0. The fourth-order valence-corrected chi connectivity index (χ4v) is 5.47. The maximum absolute atomic E-state index is 12.3. The Balaban J connectivity index is 1.50. The Bertz CT molecular complexity index is 828. The molecule has 1 saturated carbocycles. The average molecular weight is 451 g/mol. The normalized spacial score (nSPS) is 16.5. The molecule has 3 rings (SSSR count). The van der Waals surface area contributed by atoms with Crippen molar-refractivity contribution in [2.45, 2.75) is 64.2 Å². The Kier molecular flexibility index (Phi) is 8.45. The standard InChI is InChI=1S/C22H30N2O6S/c1-29-22(28)19-15-10-6-3-7-11-16(15)31-21(19)24-17(25)13-30-18(26)12-23-20(27)14-8-4-2-5-9-14/h14H,2-13H2,1H3,(H,23,27)(H,24,25). The van der Waals surface area contributed by atoms with E-state index in [1.165, 1.54) is 18.4 Å². The minimum Gasteiger partial charge on any atom is -0.465 e. The Hall–Kier alpha value is -2.42. The number of fused-ring (bicyclic) bond motifs is 1. The van der Waals surface area contributed by atoms with Crippen LogP contribution in [-0.4, -0.2) is 44.0 Å². The molecule has 2 N–H and O–H groups in total. The summed E-state index contributed by atoms with van der Waals surface area (Å²) in [6.07, 6.45) is 9.69. The zero-order valence-electron chi connectivity index (χ0n) is 17.9. The van der Waals surface area contributed by atoms with Crippen LogP contribution in [0.4, 0.5) is 5.00 Å². The van der Waals surface area contributed by atoms with Gasteiger partial charge in [0, 0.05) is 10.8 Å². The molecule has 0 aliphatic heterocycles. The average Bonchev–Trinajstić information content (AvgIpc) is 2.96. The second-order valence-electron chi connectivity index (χ2n) is 8.02. The fraction of sp³-hybridized carbons (Fsp3) is 0.636. The van der Waals surface area contributed by atoms with Crippen LogP contribution in [0.3, 0.4) is 0 Å². The molecule has 2 aliphatic carbocycles. The summed E-state index contributed by atoms with van der Waals surface area (Å²) in [6, 6.07) is 0. The van der Waals surface area contributed by atoms with Gasteiger partial charge in [0.25, 0.3) is 5.91 Å². The first-order valence-electron chi connectivity index (χ1n) is 11.0. The van der Waals surface area contributed by atoms with E-state index in [0.29, 0.717) is 10.6 Å². The number of methoxy groups -OCH3 is 1. The highest BCUT2D eigenvalue weighted by Gasteiger charge is 2.26. The van der Waals surface area contributed by atoms with Gasteiger partial charge in [-0.25, -0.2) is 4.79 Å². The van der Waals surface area contributed by atoms with Gasteiger partial charge < -0.3 is 20.1 Å². The Morgan fingerprint density at radius 1 is 1.00 bits per heavy atom. The molecule has 31 heavy (non-hydrogen) atoms. The summed E-state index contributed by atoms with van der Waals surface area (Å²) in [5.74, 6) is -1.86. The number of esters is 2. The van der Waals surface area contributed by atoms with Crippen molar-refractivity contribution in [3.05, 3.63) is 16.0 Å². The Morgan fingerprint density at radius 2 is 1.71 bits per heavy atom. The van der Waals surface area contributed by atoms with Gasteiger partial charge in [0.1, 0.15) is 11.5 Å². The number of hydrogen-bond donors (Lipinski definition) is 2. The summed E-state index contributed by atoms with van der Waals surface area (Å²) < 4.78 is 9.90. The zero-order valence-corrected chi connectivity index (χ0v) is 18.7. The van der Waals surface area contributed by atoms with Crippen molar-refractivity contribution in [2.24, 2.45) is 5.92 Å². The minimum atomic E-state index is -0.672. The third-order valence-corrected chi connectivity index (χ3v) is 7.02. The Labute approximate surface area is 186 Å². The molecule has 0 radical (unpaired) electrons. The zero-order chi connectivity index (χ0) is 22.2. The van der Waals surface area contributed by atoms with Crippen molar-refractivity contribution in [1.82, 2.24) is 5.32 Å². The van der Waals surface area contributed by atoms with Crippen LogP contribution in [0, 0.1) is 5.92 Å². The maximum Gasteiger partial charge on any atom is 0.341 e. The van der Waals surface area contributed by atoms with E-state index >= 15 is 0 Å². The first-order valence-corrected chi connectivity index (χ1v) is 11.8. The molecule has 2 aliphatic rings. The van der Waals surface area contributed by atoms with E-state index in [2.05, 4.69) is 10.6 Å². The number of anilines is 1. The topological polar surface area (TPSA) is 111 Å². The van der Waals surface area contributed by atoms with Crippen LogP contribution in [0.25, 0.3) is 0 Å². The van der Waals surface area contributed by atoms with Gasteiger partial charge in [0.15, 0.2) is 6.61 Å². The summed E-state index contributed by atoms with van der Waals surface area (Å²) in [7, 11) is 1.32. The molecule has 2 amide bonds. The smallest absolute Gasteiger partial charge is 0.341 e. The van der Waals surface area contributed by atoms with Crippen LogP contribution in [0.2, 0.25) is 0 Å². The van der Waals surface area contributed by atoms with Gasteiger partial charge >= 0.3 is 11.9 Å². The molecule has 0 bridgehead atoms. The van der Waals surface area contributed by atoms with E-state index in [1.54, 1.807) is 0 Å². The lowest BCUT2D eigenvalue weighted by atomic mass is 9.89. The van der Waals surface area contributed by atoms with Crippen molar-refractivity contribution >= 4 is 40.1 Å². The number of thiophene rings is 1. The molecule has 1 aromatic heterocycles. The SMILES string of the molecule is COC(=O)c1c(NC(=O)COC(=O)CNC(=O)C2CCCCC2)sc2c1CCCCC2. The molecule has 0 saturated heterocycles. The lowest BCUT2D eigenvalue weighted by molar-refractivity contribution is -0.147. The molecule has 1 heterocycles. The highest BCUT2D eigenvalue weighted by Crippen LogP contribution is 2.37. The number of carbonyl (C=O) groups excluding carboxylic acids is 4. The molecule has 9 heteroatoms. The Morgan fingerprint density at radius 3 is 2.45 bits per heavy atom. The molecule has 0 atom stereocenters. The van der Waals surface area contributed by atoms with Gasteiger partial charge in [-0.2, -0.15) is 0 Å².